The Hall–Kier alpha value is -2.88. The molecule has 0 unspecified atom stereocenters. The lowest BCUT2D eigenvalue weighted by atomic mass is 10.1. The smallest absolute Gasteiger partial charge is 0.281 e. The third-order valence-electron chi connectivity index (χ3n) is 3.01. The average molecular weight is 263 g/mol. The summed E-state index contributed by atoms with van der Waals surface area (Å²) in [5, 5.41) is 0. The minimum atomic E-state index is -0.184. The molecule has 20 heavy (non-hydrogen) atoms. The highest BCUT2D eigenvalue weighted by Crippen LogP contribution is 2.15. The lowest BCUT2D eigenvalue weighted by Crippen LogP contribution is -2.22. The summed E-state index contributed by atoms with van der Waals surface area (Å²) in [7, 11) is 0. The molecule has 98 valence electrons. The molecule has 0 radical (unpaired) electrons. The van der Waals surface area contributed by atoms with Crippen LogP contribution in [0.5, 0.6) is 0 Å². The summed E-state index contributed by atoms with van der Waals surface area (Å²) in [5.41, 5.74) is 7.53. The van der Waals surface area contributed by atoms with Crippen LogP contribution < -0.4 is 11.3 Å². The largest absolute Gasteiger partial charge is 0.382 e. The molecule has 0 saturated carbocycles. The number of hydrogen-bond acceptors (Lipinski definition) is 3. The number of rotatable bonds is 2. The summed E-state index contributed by atoms with van der Waals surface area (Å²) < 4.78 is 1.52. The molecule has 0 atom stereocenters. The minimum absolute atomic E-state index is 0.184. The van der Waals surface area contributed by atoms with Gasteiger partial charge in [-0.1, -0.05) is 48.5 Å². The van der Waals surface area contributed by atoms with Crippen molar-refractivity contribution >= 4 is 5.82 Å². The van der Waals surface area contributed by atoms with Crippen LogP contribution in [0, 0.1) is 0 Å². The topological polar surface area (TPSA) is 60.9 Å². The molecule has 0 saturated heterocycles. The Labute approximate surface area is 116 Å². The van der Waals surface area contributed by atoms with Crippen molar-refractivity contribution in [3.8, 4) is 16.9 Å². The zero-order valence-electron chi connectivity index (χ0n) is 10.7. The van der Waals surface area contributed by atoms with E-state index in [0.29, 0.717) is 11.5 Å². The maximum Gasteiger partial charge on any atom is 0.281 e. The SMILES string of the molecule is Nc1cn(-c2ccccc2)c(=O)c(-c2ccccc2)n1. The number of anilines is 1. The Kier molecular flexibility index (Phi) is 3.05. The van der Waals surface area contributed by atoms with Crippen LogP contribution >= 0.6 is 0 Å². The zero-order valence-corrected chi connectivity index (χ0v) is 10.7. The monoisotopic (exact) mass is 263 g/mol. The van der Waals surface area contributed by atoms with Crippen molar-refractivity contribution in [3.05, 3.63) is 77.2 Å². The zero-order chi connectivity index (χ0) is 13.9. The summed E-state index contributed by atoms with van der Waals surface area (Å²) in [4.78, 5) is 16.7. The van der Waals surface area contributed by atoms with Crippen LogP contribution in [0.4, 0.5) is 5.82 Å². The maximum absolute atomic E-state index is 12.6. The van der Waals surface area contributed by atoms with Gasteiger partial charge in [-0.3, -0.25) is 9.36 Å². The maximum atomic E-state index is 12.6. The molecule has 0 bridgehead atoms. The molecule has 0 aliphatic rings. The van der Waals surface area contributed by atoms with Gasteiger partial charge in [-0.05, 0) is 12.1 Å². The van der Waals surface area contributed by atoms with Crippen molar-refractivity contribution < 1.29 is 0 Å². The van der Waals surface area contributed by atoms with E-state index in [2.05, 4.69) is 4.98 Å². The highest BCUT2D eigenvalue weighted by Gasteiger charge is 2.10. The third-order valence-corrected chi connectivity index (χ3v) is 3.01. The standard InChI is InChI=1S/C16H13N3O/c17-14-11-19(13-9-5-2-6-10-13)16(20)15(18-14)12-7-3-1-4-8-12/h1-11H,17H2. The van der Waals surface area contributed by atoms with Crippen LogP contribution in [0.25, 0.3) is 16.9 Å². The van der Waals surface area contributed by atoms with Crippen LogP contribution in [-0.4, -0.2) is 9.55 Å². The lowest BCUT2D eigenvalue weighted by molar-refractivity contribution is 0.967. The van der Waals surface area contributed by atoms with E-state index < -0.39 is 0 Å². The van der Waals surface area contributed by atoms with Crippen LogP contribution in [-0.2, 0) is 0 Å². The second-order valence-corrected chi connectivity index (χ2v) is 4.39. The second-order valence-electron chi connectivity index (χ2n) is 4.39. The molecule has 1 aromatic heterocycles. The van der Waals surface area contributed by atoms with Crippen molar-refractivity contribution in [2.75, 3.05) is 5.73 Å². The Bertz CT molecular complexity index is 716. The number of nitrogen functional groups attached to an aromatic ring is 1. The number of hydrogen-bond donors (Lipinski definition) is 1. The van der Waals surface area contributed by atoms with Gasteiger partial charge in [0.15, 0.2) is 0 Å². The van der Waals surface area contributed by atoms with E-state index in [0.717, 1.165) is 11.3 Å². The Balaban J connectivity index is 2.25. The first-order chi connectivity index (χ1) is 9.75. The van der Waals surface area contributed by atoms with Gasteiger partial charge in [0.2, 0.25) is 0 Å². The van der Waals surface area contributed by atoms with Gasteiger partial charge in [0.1, 0.15) is 11.5 Å². The van der Waals surface area contributed by atoms with E-state index in [9.17, 15) is 4.79 Å². The van der Waals surface area contributed by atoms with Gasteiger partial charge in [-0.15, -0.1) is 0 Å². The number of para-hydroxylation sites is 1. The first-order valence-corrected chi connectivity index (χ1v) is 6.26. The van der Waals surface area contributed by atoms with Crippen LogP contribution in [0.15, 0.2) is 71.7 Å². The molecule has 0 aliphatic heterocycles. The van der Waals surface area contributed by atoms with E-state index in [1.54, 1.807) is 6.20 Å². The van der Waals surface area contributed by atoms with Crippen LogP contribution in [0.1, 0.15) is 0 Å². The molecule has 2 aromatic carbocycles. The average Bonchev–Trinajstić information content (AvgIpc) is 2.51. The quantitative estimate of drug-likeness (QED) is 0.772. The normalized spacial score (nSPS) is 10.4. The molecule has 4 nitrogen and oxygen atoms in total. The fourth-order valence-corrected chi connectivity index (χ4v) is 2.08. The molecule has 2 N–H and O–H groups in total. The van der Waals surface area contributed by atoms with Crippen molar-refractivity contribution in [2.24, 2.45) is 0 Å². The fraction of sp³-hybridized carbons (Fsp3) is 0. The molecular formula is C16H13N3O. The number of benzene rings is 2. The highest BCUT2D eigenvalue weighted by molar-refractivity contribution is 5.60. The predicted molar refractivity (Wildman–Crippen MR) is 79.7 cm³/mol. The molecule has 3 aromatic rings. The van der Waals surface area contributed by atoms with Crippen LogP contribution in [0.3, 0.4) is 0 Å². The van der Waals surface area contributed by atoms with Gasteiger partial charge >= 0.3 is 0 Å². The Morgan fingerprint density at radius 3 is 2.15 bits per heavy atom. The van der Waals surface area contributed by atoms with Crippen molar-refractivity contribution in [1.29, 1.82) is 0 Å². The van der Waals surface area contributed by atoms with Gasteiger partial charge in [0.05, 0.1) is 6.20 Å². The molecule has 3 rings (SSSR count). The van der Waals surface area contributed by atoms with E-state index in [1.165, 1.54) is 4.57 Å². The fourth-order valence-electron chi connectivity index (χ4n) is 2.08. The van der Waals surface area contributed by atoms with E-state index in [1.807, 2.05) is 60.7 Å². The summed E-state index contributed by atoms with van der Waals surface area (Å²) >= 11 is 0. The number of nitrogens with two attached hydrogens (primary N) is 1. The van der Waals surface area contributed by atoms with Crippen molar-refractivity contribution in [3.63, 3.8) is 0 Å². The van der Waals surface area contributed by atoms with Crippen molar-refractivity contribution in [2.45, 2.75) is 0 Å². The second kappa shape index (κ2) is 5.01. The van der Waals surface area contributed by atoms with E-state index in [-0.39, 0.29) is 5.56 Å². The first-order valence-electron chi connectivity index (χ1n) is 6.26. The van der Waals surface area contributed by atoms with Gasteiger partial charge in [0, 0.05) is 11.3 Å². The summed E-state index contributed by atoms with van der Waals surface area (Å²) in [6.45, 7) is 0. The Morgan fingerprint density at radius 1 is 0.900 bits per heavy atom. The van der Waals surface area contributed by atoms with Gasteiger partial charge in [-0.2, -0.15) is 0 Å². The molecular weight excluding hydrogens is 250 g/mol. The van der Waals surface area contributed by atoms with Gasteiger partial charge < -0.3 is 5.73 Å². The lowest BCUT2D eigenvalue weighted by Gasteiger charge is -2.09. The minimum Gasteiger partial charge on any atom is -0.382 e. The van der Waals surface area contributed by atoms with Crippen LogP contribution in [0.2, 0.25) is 0 Å². The molecule has 1 heterocycles. The Morgan fingerprint density at radius 2 is 1.50 bits per heavy atom. The first kappa shape index (κ1) is 12.2. The van der Waals surface area contributed by atoms with Gasteiger partial charge in [0.25, 0.3) is 5.56 Å². The predicted octanol–water partition coefficient (Wildman–Crippen LogP) is 2.48. The van der Waals surface area contributed by atoms with E-state index >= 15 is 0 Å². The molecule has 0 fully saturated rings. The molecule has 0 amide bonds. The molecule has 0 aliphatic carbocycles. The number of aromatic nitrogens is 2. The third kappa shape index (κ3) is 2.19. The van der Waals surface area contributed by atoms with Gasteiger partial charge in [-0.25, -0.2) is 4.98 Å². The number of nitrogens with zero attached hydrogens (tertiary/aromatic N) is 2. The summed E-state index contributed by atoms with van der Waals surface area (Å²) in [6, 6.07) is 18.7. The summed E-state index contributed by atoms with van der Waals surface area (Å²) in [5.74, 6) is 0.312. The van der Waals surface area contributed by atoms with Crippen molar-refractivity contribution in [1.82, 2.24) is 9.55 Å². The summed E-state index contributed by atoms with van der Waals surface area (Å²) in [6.07, 6.45) is 1.55. The van der Waals surface area contributed by atoms with E-state index in [4.69, 9.17) is 5.73 Å². The highest BCUT2D eigenvalue weighted by atomic mass is 16.1. The molecule has 4 heteroatoms. The molecule has 0 spiro atoms.